The number of fused-ring (bicyclic) bond motifs is 1. The minimum atomic E-state index is -0.250. The summed E-state index contributed by atoms with van der Waals surface area (Å²) in [7, 11) is 1.99. The number of ether oxygens (including phenoxy) is 1. The Balaban J connectivity index is 0.000000858. The van der Waals surface area contributed by atoms with E-state index < -0.39 is 0 Å². The van der Waals surface area contributed by atoms with E-state index in [0.717, 1.165) is 41.4 Å². The zero-order valence-corrected chi connectivity index (χ0v) is 17.7. The van der Waals surface area contributed by atoms with Crippen molar-refractivity contribution in [3.8, 4) is 5.75 Å². The van der Waals surface area contributed by atoms with E-state index in [1.165, 1.54) is 5.56 Å². The quantitative estimate of drug-likeness (QED) is 0.465. The van der Waals surface area contributed by atoms with Gasteiger partial charge in [0, 0.05) is 43.0 Å². The first-order chi connectivity index (χ1) is 15.0. The summed E-state index contributed by atoms with van der Waals surface area (Å²) in [5.74, 6) is 1.77. The molecule has 2 heterocycles. The maximum atomic E-state index is 12.3. The number of hydrogen-bond acceptors (Lipinski definition) is 4. The molecule has 0 aliphatic carbocycles. The second-order valence-electron chi connectivity index (χ2n) is 7.39. The number of benzene rings is 2. The summed E-state index contributed by atoms with van der Waals surface area (Å²) < 4.78 is 7.99. The molecule has 2 N–H and O–H groups in total. The standard InChI is InChI=1S/C23H25N3O2.CH2O2/c1-16-24-15-22(26(16)2)20-14-23(27)25-21-13-18(10-11-19(20)21)28-12-6-9-17-7-4-3-5-8-17;2-1-3/h3-5,7-8,10-11,13,15,20H,6,9,12,14H2,1-2H3,(H,25,27);1H,(H,2,3). The predicted octanol–water partition coefficient (Wildman–Crippen LogP) is 3.92. The van der Waals surface area contributed by atoms with E-state index in [9.17, 15) is 4.79 Å². The third-order valence-electron chi connectivity index (χ3n) is 5.40. The molecule has 0 fully saturated rings. The Morgan fingerprint density at radius 3 is 2.68 bits per heavy atom. The van der Waals surface area contributed by atoms with Gasteiger partial charge < -0.3 is 19.7 Å². The van der Waals surface area contributed by atoms with Gasteiger partial charge in [-0.3, -0.25) is 9.59 Å². The van der Waals surface area contributed by atoms with Crippen molar-refractivity contribution in [3.63, 3.8) is 0 Å². The Bertz CT molecular complexity index is 1030. The summed E-state index contributed by atoms with van der Waals surface area (Å²) in [5, 5.41) is 9.88. The number of carbonyl (C=O) groups excluding carboxylic acids is 1. The molecule has 1 unspecified atom stereocenters. The van der Waals surface area contributed by atoms with Crippen LogP contribution < -0.4 is 10.1 Å². The summed E-state index contributed by atoms with van der Waals surface area (Å²) >= 11 is 0. The summed E-state index contributed by atoms with van der Waals surface area (Å²) in [4.78, 5) is 25.0. The zero-order valence-electron chi connectivity index (χ0n) is 17.7. The molecule has 31 heavy (non-hydrogen) atoms. The number of carbonyl (C=O) groups is 2. The largest absolute Gasteiger partial charge is 0.494 e. The maximum absolute atomic E-state index is 12.3. The highest BCUT2D eigenvalue weighted by Gasteiger charge is 2.29. The Kier molecular flexibility index (Phi) is 7.43. The molecule has 1 amide bonds. The number of nitrogens with one attached hydrogen (secondary N) is 1. The molecule has 0 saturated carbocycles. The number of imidazole rings is 1. The van der Waals surface area contributed by atoms with Gasteiger partial charge in [-0.25, -0.2) is 4.98 Å². The van der Waals surface area contributed by atoms with Crippen LogP contribution >= 0.6 is 0 Å². The van der Waals surface area contributed by atoms with E-state index in [0.29, 0.717) is 13.0 Å². The third-order valence-corrected chi connectivity index (χ3v) is 5.40. The van der Waals surface area contributed by atoms with Crippen molar-refractivity contribution < 1.29 is 19.4 Å². The number of nitrogens with zero attached hydrogens (tertiary/aromatic N) is 2. The predicted molar refractivity (Wildman–Crippen MR) is 118 cm³/mol. The van der Waals surface area contributed by atoms with Gasteiger partial charge in [0.05, 0.1) is 6.61 Å². The minimum absolute atomic E-state index is 0.0158. The smallest absolute Gasteiger partial charge is 0.290 e. The molecule has 1 aromatic heterocycles. The summed E-state index contributed by atoms with van der Waals surface area (Å²) in [5.41, 5.74) is 4.32. The van der Waals surface area contributed by atoms with Gasteiger partial charge in [0.1, 0.15) is 11.6 Å². The topological polar surface area (TPSA) is 93.5 Å². The second-order valence-corrected chi connectivity index (χ2v) is 7.39. The summed E-state index contributed by atoms with van der Waals surface area (Å²) in [6.45, 7) is 2.37. The molecule has 0 radical (unpaired) electrons. The van der Waals surface area contributed by atoms with Crippen molar-refractivity contribution in [2.45, 2.75) is 32.1 Å². The minimum Gasteiger partial charge on any atom is -0.494 e. The van der Waals surface area contributed by atoms with Crippen LogP contribution in [0.15, 0.2) is 54.7 Å². The molecule has 2 aromatic carbocycles. The first kappa shape index (κ1) is 22.1. The normalized spacial score (nSPS) is 14.6. The number of aromatic nitrogens is 2. The Labute approximate surface area is 181 Å². The second kappa shape index (κ2) is 10.4. The van der Waals surface area contributed by atoms with E-state index >= 15 is 0 Å². The monoisotopic (exact) mass is 421 g/mol. The Morgan fingerprint density at radius 1 is 1.26 bits per heavy atom. The van der Waals surface area contributed by atoms with E-state index in [4.69, 9.17) is 14.6 Å². The van der Waals surface area contributed by atoms with Gasteiger partial charge in [-0.15, -0.1) is 0 Å². The number of anilines is 1. The Hall–Kier alpha value is -3.61. The molecule has 4 rings (SSSR count). The molecule has 1 aliphatic rings. The van der Waals surface area contributed by atoms with E-state index in [2.05, 4.69) is 45.2 Å². The molecule has 0 saturated heterocycles. The fourth-order valence-electron chi connectivity index (χ4n) is 3.75. The van der Waals surface area contributed by atoms with Crippen molar-refractivity contribution >= 4 is 18.1 Å². The highest BCUT2D eigenvalue weighted by Crippen LogP contribution is 2.38. The molecule has 0 bridgehead atoms. The van der Waals surface area contributed by atoms with Crippen molar-refractivity contribution in [1.82, 2.24) is 9.55 Å². The number of rotatable bonds is 6. The van der Waals surface area contributed by atoms with Crippen LogP contribution in [-0.2, 0) is 23.1 Å². The van der Waals surface area contributed by atoms with Gasteiger partial charge >= 0.3 is 0 Å². The third kappa shape index (κ3) is 5.51. The average Bonchev–Trinajstić information content (AvgIpc) is 3.10. The van der Waals surface area contributed by atoms with Crippen molar-refractivity contribution in [1.29, 1.82) is 0 Å². The van der Waals surface area contributed by atoms with Crippen LogP contribution in [-0.4, -0.2) is 33.6 Å². The lowest BCUT2D eigenvalue weighted by atomic mass is 9.88. The maximum Gasteiger partial charge on any atom is 0.290 e. The van der Waals surface area contributed by atoms with Gasteiger partial charge in [-0.05, 0) is 37.0 Å². The van der Waals surface area contributed by atoms with Crippen LogP contribution in [0.25, 0.3) is 0 Å². The van der Waals surface area contributed by atoms with Gasteiger partial charge in [-0.2, -0.15) is 0 Å². The molecular formula is C24H27N3O4. The first-order valence-corrected chi connectivity index (χ1v) is 10.2. The molecule has 162 valence electrons. The van der Waals surface area contributed by atoms with Crippen LogP contribution in [0, 0.1) is 6.92 Å². The van der Waals surface area contributed by atoms with Crippen LogP contribution in [0.1, 0.15) is 41.4 Å². The van der Waals surface area contributed by atoms with Crippen LogP contribution in [0.2, 0.25) is 0 Å². The van der Waals surface area contributed by atoms with Crippen LogP contribution in [0.5, 0.6) is 5.75 Å². The lowest BCUT2D eigenvalue weighted by molar-refractivity contribution is -0.123. The van der Waals surface area contributed by atoms with Gasteiger partial charge in [0.2, 0.25) is 5.91 Å². The number of carboxylic acid groups (broad SMARTS) is 1. The highest BCUT2D eigenvalue weighted by molar-refractivity contribution is 5.95. The zero-order chi connectivity index (χ0) is 22.2. The van der Waals surface area contributed by atoms with Crippen molar-refractivity contribution in [2.24, 2.45) is 7.05 Å². The number of aryl methyl sites for hydroxylation is 2. The first-order valence-electron chi connectivity index (χ1n) is 10.2. The average molecular weight is 421 g/mol. The molecule has 1 atom stereocenters. The van der Waals surface area contributed by atoms with E-state index in [1.54, 1.807) is 0 Å². The van der Waals surface area contributed by atoms with Gasteiger partial charge in [0.15, 0.2) is 0 Å². The molecule has 1 aliphatic heterocycles. The molecular weight excluding hydrogens is 394 g/mol. The van der Waals surface area contributed by atoms with E-state index in [-0.39, 0.29) is 18.3 Å². The van der Waals surface area contributed by atoms with Crippen LogP contribution in [0.3, 0.4) is 0 Å². The lowest BCUT2D eigenvalue weighted by Crippen LogP contribution is -2.24. The summed E-state index contributed by atoms with van der Waals surface area (Å²) in [6.07, 6.45) is 4.24. The fraction of sp³-hybridized carbons (Fsp3) is 0.292. The number of hydrogen-bond donors (Lipinski definition) is 2. The lowest BCUT2D eigenvalue weighted by Gasteiger charge is -2.26. The van der Waals surface area contributed by atoms with Crippen molar-refractivity contribution in [2.75, 3.05) is 11.9 Å². The molecule has 0 spiro atoms. The molecule has 3 aromatic rings. The molecule has 7 heteroatoms. The van der Waals surface area contributed by atoms with Gasteiger partial charge in [0.25, 0.3) is 6.47 Å². The highest BCUT2D eigenvalue weighted by atomic mass is 16.5. The number of amides is 1. The summed E-state index contributed by atoms with van der Waals surface area (Å²) in [6, 6.07) is 16.4. The molecule has 7 nitrogen and oxygen atoms in total. The fourth-order valence-corrected chi connectivity index (χ4v) is 3.75. The van der Waals surface area contributed by atoms with E-state index in [1.807, 2.05) is 38.4 Å². The van der Waals surface area contributed by atoms with Gasteiger partial charge in [-0.1, -0.05) is 36.4 Å². The SMILES string of the molecule is Cc1ncc(C2CC(=O)Nc3cc(OCCCc4ccccc4)ccc32)n1C.O=CO. The van der Waals surface area contributed by atoms with Crippen molar-refractivity contribution in [3.05, 3.63) is 77.4 Å². The Morgan fingerprint density at radius 2 is 2.00 bits per heavy atom. The van der Waals surface area contributed by atoms with Crippen LogP contribution in [0.4, 0.5) is 5.69 Å².